The van der Waals surface area contributed by atoms with Gasteiger partial charge in [-0.1, -0.05) is 133 Å². The van der Waals surface area contributed by atoms with Gasteiger partial charge in [0.15, 0.2) is 5.96 Å². The number of carbonyl (C=O) groups is 6. The fraction of sp³-hybridized carbons (Fsp3) is 0.475. The van der Waals surface area contributed by atoms with E-state index in [1.165, 1.54) is 37.0 Å². The molecule has 408 valence electrons. The Balaban J connectivity index is 0.00000121. The van der Waals surface area contributed by atoms with Crippen molar-refractivity contribution >= 4 is 41.8 Å². The highest BCUT2D eigenvalue weighted by molar-refractivity contribution is 5.93. The Morgan fingerprint density at radius 3 is 1.84 bits per heavy atom. The van der Waals surface area contributed by atoms with Crippen LogP contribution in [0.4, 0.5) is 0 Å². The number of benzene rings is 3. The molecule has 3 aromatic rings. The van der Waals surface area contributed by atoms with Crippen molar-refractivity contribution in [1.82, 2.24) is 26.6 Å². The molecule has 3 aromatic carbocycles. The Morgan fingerprint density at radius 2 is 1.39 bits per heavy atom. The van der Waals surface area contributed by atoms with Crippen LogP contribution in [0.2, 0.25) is 0 Å². The second-order valence-corrected chi connectivity index (χ2v) is 18.6. The fourth-order valence-electron chi connectivity index (χ4n) is 7.38. The Labute approximate surface area is 443 Å². The summed E-state index contributed by atoms with van der Waals surface area (Å²) in [6.07, 6.45) is 16.6. The number of rotatable bonds is 19. The van der Waals surface area contributed by atoms with Gasteiger partial charge in [-0.2, -0.15) is 0 Å². The summed E-state index contributed by atoms with van der Waals surface area (Å²) < 4.78 is 0. The van der Waals surface area contributed by atoms with Gasteiger partial charge < -0.3 is 48.6 Å². The van der Waals surface area contributed by atoms with Crippen molar-refractivity contribution in [2.75, 3.05) is 13.1 Å². The quantitative estimate of drug-likeness (QED) is 0.0187. The zero-order valence-electron chi connectivity index (χ0n) is 46.4. The van der Waals surface area contributed by atoms with Crippen molar-refractivity contribution < 1.29 is 28.8 Å². The molecule has 1 aliphatic carbocycles. The summed E-state index contributed by atoms with van der Waals surface area (Å²) in [5, 5.41) is 13.5. The molecule has 15 nitrogen and oxygen atoms in total. The molecule has 1 aliphatic heterocycles. The third kappa shape index (κ3) is 30.1. The largest absolute Gasteiger partial charge is 0.370 e. The number of Topliss-reactive ketones (excluding diaryl/α,β-unsaturated/α-hetero) is 1. The van der Waals surface area contributed by atoms with E-state index in [9.17, 15) is 28.8 Å². The van der Waals surface area contributed by atoms with Gasteiger partial charge >= 0.3 is 0 Å². The van der Waals surface area contributed by atoms with E-state index in [2.05, 4.69) is 109 Å². The highest BCUT2D eigenvalue weighted by Gasteiger charge is 2.28. The van der Waals surface area contributed by atoms with E-state index in [0.717, 1.165) is 29.9 Å². The van der Waals surface area contributed by atoms with Crippen molar-refractivity contribution in [2.45, 2.75) is 158 Å². The molecule has 11 N–H and O–H groups in total. The second-order valence-electron chi connectivity index (χ2n) is 18.6. The summed E-state index contributed by atoms with van der Waals surface area (Å²) in [4.78, 5) is 74.4. The van der Waals surface area contributed by atoms with Crippen LogP contribution in [0.5, 0.6) is 0 Å². The van der Waals surface area contributed by atoms with Gasteiger partial charge in [0.05, 0.1) is 6.54 Å². The molecule has 3 unspecified atom stereocenters. The third-order valence-electron chi connectivity index (χ3n) is 12.1. The summed E-state index contributed by atoms with van der Waals surface area (Å²) in [7, 11) is 0. The second kappa shape index (κ2) is 39.5. The zero-order valence-corrected chi connectivity index (χ0v) is 46.4. The fourth-order valence-corrected chi connectivity index (χ4v) is 7.38. The van der Waals surface area contributed by atoms with E-state index in [4.69, 9.17) is 17.2 Å². The molecule has 74 heavy (non-hydrogen) atoms. The Kier molecular flexibility index (Phi) is 35.7. The van der Waals surface area contributed by atoms with Crippen LogP contribution in [0.15, 0.2) is 126 Å². The van der Waals surface area contributed by atoms with Crippen LogP contribution in [0.1, 0.15) is 160 Å². The standard InChI is InChI=1S/C26H34N8O5.C14H20.C8H13N.C5H10O.C4H8.C2H6/c27-23(37)19-10-8-18(9-11-19)14-31-22(36)15-32-24(38)20(7-4-12-30-26(28)29)34-25(39)21(33-16-35)13-17-5-2-1-3-6-17;1-14(2)10-8-13(9-11-14)12-6-4-3-5-7-12;1-4-8-7(3)6(2)5-9-8;1-3-4-5(2)6;1-3-4-2;1-2/h1-3,5-6,8-11,16,20-21H,4,7,12-15H2,(H2,27,37)(H,31,36)(H,32,38)(H,33,35)(H,34,39)(H4,28,29,30);3-7,13H,8-11H2,1-2H3;4-5,7,9H,1-3H3;3-4H2,1-2H3;3-4H,1-2H3;1-2H3/b;;8-4+;;4-3-;. The van der Waals surface area contributed by atoms with Crippen LogP contribution in [-0.4, -0.2) is 67.0 Å². The molecule has 0 bridgehead atoms. The summed E-state index contributed by atoms with van der Waals surface area (Å²) in [6.45, 7) is 22.9. The highest BCUT2D eigenvalue weighted by atomic mass is 16.2. The van der Waals surface area contributed by atoms with Gasteiger partial charge in [-0.15, -0.1) is 0 Å². The lowest BCUT2D eigenvalue weighted by Gasteiger charge is -2.34. The number of hydrogen-bond acceptors (Lipinski definition) is 8. The number of hydrogen-bond donors (Lipinski definition) is 8. The predicted molar refractivity (Wildman–Crippen MR) is 303 cm³/mol. The third-order valence-corrected chi connectivity index (χ3v) is 12.1. The Bertz CT molecular complexity index is 2190. The van der Waals surface area contributed by atoms with Crippen molar-refractivity contribution in [1.29, 1.82) is 0 Å². The SMILES string of the molecule is C/C=C1/NC=C(C)C1C.C/C=C\C.CC.CC1(C)CCC(c2ccccc2)CC1.CCCC(C)=O.NC(=O)c1ccc(CNC(=O)CNC(=O)C(CCCN=C(N)N)NC(=O)C(Cc2ccccc2)NC=O)cc1. The van der Waals surface area contributed by atoms with E-state index in [1.54, 1.807) is 36.8 Å². The first-order valence-corrected chi connectivity index (χ1v) is 26.0. The molecule has 1 heterocycles. The van der Waals surface area contributed by atoms with E-state index >= 15 is 0 Å². The number of aliphatic imine (C=N–C) groups is 1. The molecule has 0 radical (unpaired) electrons. The lowest BCUT2D eigenvalue weighted by Crippen LogP contribution is -2.54. The summed E-state index contributed by atoms with van der Waals surface area (Å²) in [6, 6.07) is 24.6. The van der Waals surface area contributed by atoms with Crippen molar-refractivity contribution in [3.05, 3.63) is 143 Å². The zero-order chi connectivity index (χ0) is 55.9. The van der Waals surface area contributed by atoms with Gasteiger partial charge in [-0.3, -0.25) is 29.0 Å². The number of ketones is 1. The number of amides is 5. The molecule has 1 saturated carbocycles. The number of primary amides is 1. The molecule has 3 atom stereocenters. The van der Waals surface area contributed by atoms with Gasteiger partial charge in [-0.05, 0) is 125 Å². The summed E-state index contributed by atoms with van der Waals surface area (Å²) >= 11 is 0. The van der Waals surface area contributed by atoms with E-state index in [-0.39, 0.29) is 44.2 Å². The smallest absolute Gasteiger partial charge is 0.248 e. The maximum atomic E-state index is 13.0. The number of carbonyl (C=O) groups excluding carboxylic acids is 6. The average molecular weight is 1020 g/mol. The van der Waals surface area contributed by atoms with Crippen LogP contribution in [-0.2, 0) is 36.9 Å². The van der Waals surface area contributed by atoms with Crippen LogP contribution in [0.25, 0.3) is 0 Å². The maximum absolute atomic E-state index is 13.0. The number of allylic oxidation sites excluding steroid dienone is 4. The van der Waals surface area contributed by atoms with Crippen LogP contribution in [0.3, 0.4) is 0 Å². The number of nitrogens with one attached hydrogen (secondary N) is 5. The molecule has 0 aromatic heterocycles. The van der Waals surface area contributed by atoms with Crippen LogP contribution in [0, 0.1) is 11.3 Å². The lowest BCUT2D eigenvalue weighted by molar-refractivity contribution is -0.131. The van der Waals surface area contributed by atoms with Crippen LogP contribution >= 0.6 is 0 Å². The minimum atomic E-state index is -1.01. The van der Waals surface area contributed by atoms with Crippen molar-refractivity contribution in [3.8, 4) is 0 Å². The summed E-state index contributed by atoms with van der Waals surface area (Å²) in [5.41, 5.74) is 22.7. The first-order valence-electron chi connectivity index (χ1n) is 26.0. The molecular formula is C59H91N9O6. The van der Waals surface area contributed by atoms with Gasteiger partial charge in [0.2, 0.25) is 30.0 Å². The number of nitrogens with two attached hydrogens (primary N) is 3. The maximum Gasteiger partial charge on any atom is 0.248 e. The average Bonchev–Trinajstić information content (AvgIpc) is 3.72. The highest BCUT2D eigenvalue weighted by Crippen LogP contribution is 2.42. The number of nitrogens with zero attached hydrogens (tertiary/aromatic N) is 1. The molecule has 15 heteroatoms. The monoisotopic (exact) mass is 1020 g/mol. The first kappa shape index (κ1) is 67.0. The molecule has 2 aliphatic rings. The number of guanidine groups is 1. The minimum absolute atomic E-state index is 0.0981. The van der Waals surface area contributed by atoms with Gasteiger partial charge in [0.1, 0.15) is 17.9 Å². The topological polar surface area (TPSA) is 253 Å². The van der Waals surface area contributed by atoms with Gasteiger partial charge in [0, 0.05) is 49.3 Å². The lowest BCUT2D eigenvalue weighted by atomic mass is 9.71. The van der Waals surface area contributed by atoms with Gasteiger partial charge in [0.25, 0.3) is 0 Å². The minimum Gasteiger partial charge on any atom is -0.370 e. The Hall–Kier alpha value is -7.03. The molecule has 0 saturated heterocycles. The molecule has 5 rings (SSSR count). The van der Waals surface area contributed by atoms with Crippen molar-refractivity contribution in [2.24, 2.45) is 33.5 Å². The normalized spacial score (nSPS) is 15.4. The molecular weight excluding hydrogens is 931 g/mol. The van der Waals surface area contributed by atoms with E-state index < -0.39 is 35.7 Å². The first-order chi connectivity index (χ1) is 35.3. The molecule has 5 amide bonds. The van der Waals surface area contributed by atoms with Crippen molar-refractivity contribution in [3.63, 3.8) is 0 Å². The Morgan fingerprint density at radius 1 is 0.811 bits per heavy atom. The van der Waals surface area contributed by atoms with Crippen LogP contribution < -0.4 is 43.8 Å². The predicted octanol–water partition coefficient (Wildman–Crippen LogP) is 8.80. The van der Waals surface area contributed by atoms with E-state index in [1.807, 2.05) is 77.1 Å². The van der Waals surface area contributed by atoms with E-state index in [0.29, 0.717) is 29.7 Å². The van der Waals surface area contributed by atoms with Gasteiger partial charge in [-0.25, -0.2) is 0 Å². The molecule has 0 spiro atoms. The summed E-state index contributed by atoms with van der Waals surface area (Å²) in [5.74, 6) is -0.537. The molecule has 1 fully saturated rings.